The molecule has 0 aliphatic heterocycles. The van der Waals surface area contributed by atoms with E-state index in [-0.39, 0.29) is 18.1 Å². The van der Waals surface area contributed by atoms with Crippen LogP contribution in [0.5, 0.6) is 0 Å². The van der Waals surface area contributed by atoms with Crippen molar-refractivity contribution in [3.63, 3.8) is 0 Å². The lowest BCUT2D eigenvalue weighted by molar-refractivity contribution is -0.121. The minimum Gasteiger partial charge on any atom is -0.299 e. The molecule has 1 aromatic rings. The fourth-order valence-electron chi connectivity index (χ4n) is 1.33. The van der Waals surface area contributed by atoms with Gasteiger partial charge in [-0.1, -0.05) is 19.9 Å². The number of hydrogen-bond donors (Lipinski definition) is 0. The lowest BCUT2D eigenvalue weighted by atomic mass is 9.96. The first kappa shape index (κ1) is 12.1. The summed E-state index contributed by atoms with van der Waals surface area (Å²) in [5.41, 5.74) is 1.58. The largest absolute Gasteiger partial charge is 0.299 e. The molecule has 82 valence electrons. The summed E-state index contributed by atoms with van der Waals surface area (Å²) in [6.07, 6.45) is 0.923. The second-order valence-corrected chi connectivity index (χ2v) is 3.94. The average Bonchev–Trinajstić information content (AvgIpc) is 2.28. The van der Waals surface area contributed by atoms with Crippen molar-refractivity contribution >= 4 is 12.1 Å². The van der Waals surface area contributed by atoms with Crippen LogP contribution in [0.2, 0.25) is 0 Å². The van der Waals surface area contributed by atoms with Crippen molar-refractivity contribution in [2.24, 2.45) is 5.92 Å². The van der Waals surface area contributed by atoms with Gasteiger partial charge in [0.1, 0.15) is 12.1 Å². The highest BCUT2D eigenvalue weighted by Crippen LogP contribution is 2.13. The predicted octanol–water partition coefficient (Wildman–Crippen LogP) is 2.14. The van der Waals surface area contributed by atoms with E-state index in [4.69, 9.17) is 5.26 Å². The van der Waals surface area contributed by atoms with Gasteiger partial charge in [-0.05, 0) is 17.7 Å². The number of aldehydes is 1. The van der Waals surface area contributed by atoms with E-state index >= 15 is 0 Å². The molecule has 0 atom stereocenters. The summed E-state index contributed by atoms with van der Waals surface area (Å²) in [7, 11) is 0. The van der Waals surface area contributed by atoms with Crippen molar-refractivity contribution in [2.75, 3.05) is 0 Å². The number of ketones is 1. The molecule has 16 heavy (non-hydrogen) atoms. The molecule has 0 radical (unpaired) electrons. The molecule has 0 spiro atoms. The molecule has 0 heterocycles. The number of rotatable bonds is 4. The molecule has 0 saturated carbocycles. The second-order valence-electron chi connectivity index (χ2n) is 3.94. The summed E-state index contributed by atoms with van der Waals surface area (Å²) in [6.45, 7) is 3.63. The lowest BCUT2D eigenvalue weighted by Crippen LogP contribution is -2.11. The van der Waals surface area contributed by atoms with E-state index in [2.05, 4.69) is 0 Å². The smallest absolute Gasteiger partial charge is 0.150 e. The molecule has 1 aromatic carbocycles. The SMILES string of the molecule is CC(C)C(=O)Cc1cc(C=O)ccc1C#N. The molecule has 0 saturated heterocycles. The number of hydrogen-bond acceptors (Lipinski definition) is 3. The third kappa shape index (κ3) is 2.77. The van der Waals surface area contributed by atoms with E-state index in [1.807, 2.05) is 19.9 Å². The molecule has 0 amide bonds. The number of nitrogens with zero attached hydrogens (tertiary/aromatic N) is 1. The van der Waals surface area contributed by atoms with Crippen LogP contribution >= 0.6 is 0 Å². The van der Waals surface area contributed by atoms with E-state index < -0.39 is 0 Å². The maximum absolute atomic E-state index is 11.6. The Bertz CT molecular complexity index is 455. The summed E-state index contributed by atoms with van der Waals surface area (Å²) in [5.74, 6) is 0.00554. The van der Waals surface area contributed by atoms with Crippen molar-refractivity contribution in [2.45, 2.75) is 20.3 Å². The van der Waals surface area contributed by atoms with E-state index in [0.717, 1.165) is 0 Å². The van der Waals surface area contributed by atoms with Crippen molar-refractivity contribution in [3.05, 3.63) is 34.9 Å². The molecule has 3 nitrogen and oxygen atoms in total. The first-order valence-corrected chi connectivity index (χ1v) is 5.09. The maximum atomic E-state index is 11.6. The first-order chi connectivity index (χ1) is 7.58. The molecule has 0 aliphatic carbocycles. The molecule has 0 bridgehead atoms. The molecule has 0 fully saturated rings. The maximum Gasteiger partial charge on any atom is 0.150 e. The van der Waals surface area contributed by atoms with E-state index in [1.54, 1.807) is 18.2 Å². The Morgan fingerprint density at radius 3 is 2.69 bits per heavy atom. The van der Waals surface area contributed by atoms with E-state index in [1.165, 1.54) is 0 Å². The Kier molecular flexibility index (Phi) is 3.96. The van der Waals surface area contributed by atoms with Crippen LogP contribution in [0.15, 0.2) is 18.2 Å². The van der Waals surface area contributed by atoms with Gasteiger partial charge < -0.3 is 0 Å². The molecule has 3 heteroatoms. The van der Waals surface area contributed by atoms with Gasteiger partial charge in [-0.2, -0.15) is 5.26 Å². The highest BCUT2D eigenvalue weighted by molar-refractivity contribution is 5.84. The Balaban J connectivity index is 3.06. The normalized spacial score (nSPS) is 9.88. The highest BCUT2D eigenvalue weighted by Gasteiger charge is 2.11. The third-order valence-corrected chi connectivity index (χ3v) is 2.39. The summed E-state index contributed by atoms with van der Waals surface area (Å²) in [5, 5.41) is 8.88. The monoisotopic (exact) mass is 215 g/mol. The van der Waals surface area contributed by atoms with Gasteiger partial charge in [0.15, 0.2) is 0 Å². The summed E-state index contributed by atoms with van der Waals surface area (Å²) in [6, 6.07) is 6.78. The van der Waals surface area contributed by atoms with Crippen molar-refractivity contribution in [1.29, 1.82) is 5.26 Å². The molecule has 0 aromatic heterocycles. The molecule has 1 rings (SSSR count). The Labute approximate surface area is 94.7 Å². The van der Waals surface area contributed by atoms with Crippen molar-refractivity contribution < 1.29 is 9.59 Å². The van der Waals surface area contributed by atoms with Crippen LogP contribution in [0, 0.1) is 17.2 Å². The van der Waals surface area contributed by atoms with Crippen LogP contribution in [0.1, 0.15) is 35.3 Å². The molecular weight excluding hydrogens is 202 g/mol. The van der Waals surface area contributed by atoms with Gasteiger partial charge in [0.05, 0.1) is 11.6 Å². The summed E-state index contributed by atoms with van der Waals surface area (Å²) >= 11 is 0. The van der Waals surface area contributed by atoms with E-state index in [9.17, 15) is 9.59 Å². The van der Waals surface area contributed by atoms with Crippen LogP contribution in [-0.4, -0.2) is 12.1 Å². The van der Waals surface area contributed by atoms with Gasteiger partial charge >= 0.3 is 0 Å². The number of carbonyl (C=O) groups excluding carboxylic acids is 2. The standard InChI is InChI=1S/C13H13NO2/c1-9(2)13(16)6-12-5-10(8-15)3-4-11(12)7-14/h3-5,8-9H,6H2,1-2H3. The van der Waals surface area contributed by atoms with Crippen LogP contribution in [-0.2, 0) is 11.2 Å². The van der Waals surface area contributed by atoms with Crippen LogP contribution in [0.3, 0.4) is 0 Å². The molecule has 0 N–H and O–H groups in total. The van der Waals surface area contributed by atoms with Crippen molar-refractivity contribution in [3.8, 4) is 6.07 Å². The molecule has 0 unspecified atom stereocenters. The van der Waals surface area contributed by atoms with Crippen molar-refractivity contribution in [1.82, 2.24) is 0 Å². The van der Waals surface area contributed by atoms with Gasteiger partial charge in [-0.25, -0.2) is 0 Å². The van der Waals surface area contributed by atoms with Crippen LogP contribution in [0.4, 0.5) is 0 Å². The van der Waals surface area contributed by atoms with Gasteiger partial charge in [0.25, 0.3) is 0 Å². The summed E-state index contributed by atoms with van der Waals surface area (Å²) in [4.78, 5) is 22.2. The zero-order valence-electron chi connectivity index (χ0n) is 9.36. The van der Waals surface area contributed by atoms with Gasteiger partial charge in [0, 0.05) is 17.9 Å². The first-order valence-electron chi connectivity index (χ1n) is 5.09. The number of nitriles is 1. The second kappa shape index (κ2) is 5.22. The average molecular weight is 215 g/mol. The number of carbonyl (C=O) groups is 2. The Morgan fingerprint density at radius 1 is 1.50 bits per heavy atom. The zero-order valence-corrected chi connectivity index (χ0v) is 9.36. The van der Waals surface area contributed by atoms with Gasteiger partial charge in [0.2, 0.25) is 0 Å². The Hall–Kier alpha value is -1.95. The minimum absolute atomic E-state index is 0.0635. The molecule has 0 aliphatic rings. The minimum atomic E-state index is -0.0635. The zero-order chi connectivity index (χ0) is 12.1. The third-order valence-electron chi connectivity index (χ3n) is 2.39. The molecular formula is C13H13NO2. The van der Waals surface area contributed by atoms with Gasteiger partial charge in [-0.15, -0.1) is 0 Å². The predicted molar refractivity (Wildman–Crippen MR) is 60.1 cm³/mol. The number of Topliss-reactive ketones (excluding diaryl/α,β-unsaturated/α-hetero) is 1. The quantitative estimate of drug-likeness (QED) is 0.723. The fourth-order valence-corrected chi connectivity index (χ4v) is 1.33. The number of benzene rings is 1. The lowest BCUT2D eigenvalue weighted by Gasteiger charge is -2.06. The topological polar surface area (TPSA) is 57.9 Å². The van der Waals surface area contributed by atoms with Gasteiger partial charge in [-0.3, -0.25) is 9.59 Å². The fraction of sp³-hybridized carbons (Fsp3) is 0.308. The highest BCUT2D eigenvalue weighted by atomic mass is 16.1. The summed E-state index contributed by atoms with van der Waals surface area (Å²) < 4.78 is 0. The Morgan fingerprint density at radius 2 is 2.19 bits per heavy atom. The van der Waals surface area contributed by atoms with Crippen LogP contribution in [0.25, 0.3) is 0 Å². The van der Waals surface area contributed by atoms with Crippen LogP contribution < -0.4 is 0 Å². The van der Waals surface area contributed by atoms with E-state index in [0.29, 0.717) is 23.0 Å².